The Labute approximate surface area is 283 Å². The largest absolute Gasteiger partial charge is 0.493 e. The number of allylic oxidation sites excluding steroid dienone is 4. The fraction of sp³-hybridized carbons (Fsp3) is 0.163. The molecule has 0 N–H and O–H groups in total. The van der Waals surface area contributed by atoms with Crippen LogP contribution in [0.15, 0.2) is 169 Å². The van der Waals surface area contributed by atoms with Gasteiger partial charge in [0.1, 0.15) is 11.5 Å². The molecule has 0 fully saturated rings. The molecule has 4 heteroatoms. The van der Waals surface area contributed by atoms with Crippen molar-refractivity contribution in [2.24, 2.45) is 0 Å². The first-order chi connectivity index (χ1) is 23.3. The van der Waals surface area contributed by atoms with Crippen molar-refractivity contribution in [1.82, 2.24) is 0 Å². The summed E-state index contributed by atoms with van der Waals surface area (Å²) in [5.74, 6) is 1.76. The van der Waals surface area contributed by atoms with Crippen molar-refractivity contribution in [2.45, 2.75) is 32.6 Å². The highest BCUT2D eigenvalue weighted by Crippen LogP contribution is 2.51. The van der Waals surface area contributed by atoms with E-state index in [1.54, 1.807) is 0 Å². The molecule has 0 spiro atoms. The summed E-state index contributed by atoms with van der Waals surface area (Å²) in [5.41, 5.74) is 2.23. The molecule has 0 aliphatic carbocycles. The zero-order valence-corrected chi connectivity index (χ0v) is 28.9. The van der Waals surface area contributed by atoms with Crippen LogP contribution < -0.4 is 31.3 Å². The predicted octanol–water partition coefficient (Wildman–Crippen LogP) is 9.35. The first kappa shape index (κ1) is 32.7. The van der Waals surface area contributed by atoms with E-state index in [0.29, 0.717) is 13.2 Å². The van der Waals surface area contributed by atoms with Crippen LogP contribution in [0.4, 0.5) is 0 Å². The maximum Gasteiger partial charge on any atom is 0.127 e. The third-order valence-corrected chi connectivity index (χ3v) is 13.3. The molecule has 0 saturated heterocycles. The first-order valence-electron chi connectivity index (χ1n) is 16.5. The number of fused-ring (bicyclic) bond motifs is 1. The van der Waals surface area contributed by atoms with Gasteiger partial charge in [0.2, 0.25) is 0 Å². The van der Waals surface area contributed by atoms with Gasteiger partial charge in [0.25, 0.3) is 0 Å². The van der Waals surface area contributed by atoms with Crippen molar-refractivity contribution in [3.8, 4) is 5.75 Å². The van der Waals surface area contributed by atoms with E-state index >= 15 is 0 Å². The van der Waals surface area contributed by atoms with Crippen LogP contribution in [-0.2, 0) is 4.74 Å². The number of benzene rings is 5. The average molecular weight is 653 g/mol. The lowest BCUT2D eigenvalue weighted by Crippen LogP contribution is -2.25. The number of hydrogen-bond acceptors (Lipinski definition) is 2. The standard InChI is InChI=1S/C43H42O2P2/c1-3-21-39-42(34(2)46(35-22-10-6-11-23-35)36-24-12-7-13-25-36)43-40(45-33-19-5-4-18-32-44-39)30-20-31-41(43)47(37-26-14-8-15-27-37)38-28-16-9-17-29-38/h3,6-17,20-31H,1,4-5,18-19,32-33H2,2H3/b39-21+,42-34-. The minimum absolute atomic E-state index is 0.662. The molecule has 0 aromatic heterocycles. The van der Waals surface area contributed by atoms with Gasteiger partial charge in [-0.1, -0.05) is 146 Å². The Morgan fingerprint density at radius 2 is 1.06 bits per heavy atom. The Kier molecular flexibility index (Phi) is 11.5. The second-order valence-electron chi connectivity index (χ2n) is 11.5. The van der Waals surface area contributed by atoms with Gasteiger partial charge in [-0.3, -0.25) is 0 Å². The lowest BCUT2D eigenvalue weighted by molar-refractivity contribution is 0.216. The molecule has 236 valence electrons. The SMILES string of the molecule is C=C/C=C1/OCCCCCCOc2cccc(P(c3ccccc3)c3ccccc3)c2/C1=C(/C)P(c1ccccc1)c1ccccc1. The van der Waals surface area contributed by atoms with Gasteiger partial charge < -0.3 is 9.47 Å². The molecule has 0 atom stereocenters. The van der Waals surface area contributed by atoms with Crippen molar-refractivity contribution >= 4 is 47.9 Å². The van der Waals surface area contributed by atoms with Crippen LogP contribution in [0, 0.1) is 0 Å². The molecule has 5 aromatic rings. The Morgan fingerprint density at radius 1 is 0.574 bits per heavy atom. The van der Waals surface area contributed by atoms with Crippen LogP contribution in [-0.4, -0.2) is 13.2 Å². The Bertz CT molecular complexity index is 1720. The number of rotatable bonds is 7. The molecule has 0 unspecified atom stereocenters. The molecule has 47 heavy (non-hydrogen) atoms. The topological polar surface area (TPSA) is 18.5 Å². The van der Waals surface area contributed by atoms with Crippen molar-refractivity contribution in [2.75, 3.05) is 13.2 Å². The van der Waals surface area contributed by atoms with E-state index in [9.17, 15) is 0 Å². The predicted molar refractivity (Wildman–Crippen MR) is 205 cm³/mol. The minimum Gasteiger partial charge on any atom is -0.493 e. The summed E-state index contributed by atoms with van der Waals surface area (Å²) in [6.45, 7) is 7.80. The lowest BCUT2D eigenvalue weighted by atomic mass is 10.0. The summed E-state index contributed by atoms with van der Waals surface area (Å²) in [6, 6.07) is 50.3. The van der Waals surface area contributed by atoms with E-state index in [2.05, 4.69) is 159 Å². The zero-order chi connectivity index (χ0) is 32.3. The van der Waals surface area contributed by atoms with Crippen molar-refractivity contribution in [3.05, 3.63) is 175 Å². The monoisotopic (exact) mass is 652 g/mol. The summed E-state index contributed by atoms with van der Waals surface area (Å²) < 4.78 is 13.6. The van der Waals surface area contributed by atoms with E-state index in [-0.39, 0.29) is 0 Å². The Morgan fingerprint density at radius 3 is 1.57 bits per heavy atom. The van der Waals surface area contributed by atoms with Gasteiger partial charge in [-0.2, -0.15) is 0 Å². The van der Waals surface area contributed by atoms with Gasteiger partial charge in [-0.15, -0.1) is 0 Å². The van der Waals surface area contributed by atoms with Crippen LogP contribution in [0.2, 0.25) is 0 Å². The van der Waals surface area contributed by atoms with Gasteiger partial charge in [-0.25, -0.2) is 0 Å². The van der Waals surface area contributed by atoms with Gasteiger partial charge in [0, 0.05) is 11.1 Å². The van der Waals surface area contributed by atoms with E-state index in [1.807, 2.05) is 6.08 Å². The third kappa shape index (κ3) is 7.85. The summed E-state index contributed by atoms with van der Waals surface area (Å²) in [7, 11) is -1.84. The maximum atomic E-state index is 6.81. The summed E-state index contributed by atoms with van der Waals surface area (Å²) in [5, 5.41) is 7.74. The normalized spacial score (nSPS) is 15.9. The van der Waals surface area contributed by atoms with Crippen molar-refractivity contribution < 1.29 is 9.47 Å². The van der Waals surface area contributed by atoms with Crippen LogP contribution in [0.1, 0.15) is 38.2 Å². The van der Waals surface area contributed by atoms with E-state index in [1.165, 1.54) is 31.8 Å². The molecule has 1 aliphatic heterocycles. The summed E-state index contributed by atoms with van der Waals surface area (Å²) in [4.78, 5) is 0. The quantitative estimate of drug-likeness (QED) is 0.163. The number of ether oxygens (including phenoxy) is 2. The van der Waals surface area contributed by atoms with Crippen LogP contribution in [0.25, 0.3) is 5.57 Å². The van der Waals surface area contributed by atoms with Crippen molar-refractivity contribution in [3.63, 3.8) is 0 Å². The highest BCUT2D eigenvalue weighted by Gasteiger charge is 2.30. The first-order valence-corrected chi connectivity index (χ1v) is 19.2. The molecule has 1 aliphatic rings. The zero-order valence-electron chi connectivity index (χ0n) is 27.1. The summed E-state index contributed by atoms with van der Waals surface area (Å²) >= 11 is 0. The molecule has 0 bridgehead atoms. The highest BCUT2D eigenvalue weighted by molar-refractivity contribution is 7.80. The van der Waals surface area contributed by atoms with Crippen molar-refractivity contribution in [1.29, 1.82) is 0 Å². The fourth-order valence-corrected chi connectivity index (χ4v) is 11.1. The molecule has 1 heterocycles. The van der Waals surface area contributed by atoms with Gasteiger partial charge in [0.15, 0.2) is 0 Å². The van der Waals surface area contributed by atoms with Gasteiger partial charge >= 0.3 is 0 Å². The second-order valence-corrected chi connectivity index (χ2v) is 16.1. The molecule has 0 saturated carbocycles. The average Bonchev–Trinajstić information content (AvgIpc) is 3.12. The molecule has 5 aromatic carbocycles. The molecule has 2 nitrogen and oxygen atoms in total. The molecular formula is C43H42O2P2. The maximum absolute atomic E-state index is 6.81. The summed E-state index contributed by atoms with van der Waals surface area (Å²) in [6.07, 6.45) is 8.18. The fourth-order valence-electron chi connectivity index (χ4n) is 6.18. The second kappa shape index (κ2) is 16.6. The third-order valence-electron chi connectivity index (χ3n) is 8.32. The smallest absolute Gasteiger partial charge is 0.127 e. The Hall–Kier alpha value is -4.22. The molecular weight excluding hydrogens is 610 g/mol. The van der Waals surface area contributed by atoms with Gasteiger partial charge in [0.05, 0.1) is 13.2 Å². The van der Waals surface area contributed by atoms with E-state index in [4.69, 9.17) is 9.47 Å². The van der Waals surface area contributed by atoms with E-state index < -0.39 is 15.8 Å². The lowest BCUT2D eigenvalue weighted by Gasteiger charge is -2.30. The molecule has 0 amide bonds. The van der Waals surface area contributed by atoms with Crippen LogP contribution in [0.5, 0.6) is 5.75 Å². The van der Waals surface area contributed by atoms with Crippen LogP contribution >= 0.6 is 15.8 Å². The number of hydrogen-bond donors (Lipinski definition) is 0. The van der Waals surface area contributed by atoms with E-state index in [0.717, 1.165) is 48.3 Å². The highest BCUT2D eigenvalue weighted by atomic mass is 31.1. The minimum atomic E-state index is -0.932. The molecule has 6 rings (SSSR count). The molecule has 0 radical (unpaired) electrons. The van der Waals surface area contributed by atoms with Crippen LogP contribution in [0.3, 0.4) is 0 Å². The van der Waals surface area contributed by atoms with Gasteiger partial charge in [-0.05, 0) is 92.4 Å². The Balaban J connectivity index is 1.71.